The smallest absolute Gasteiger partial charge is 0.244 e. The van der Waals surface area contributed by atoms with E-state index in [9.17, 15) is 22.4 Å². The molecular formula is C26H36FN3O4S. The number of benzene rings is 2. The highest BCUT2D eigenvalue weighted by atomic mass is 32.2. The van der Waals surface area contributed by atoms with Crippen LogP contribution in [0.1, 0.15) is 58.1 Å². The number of anilines is 1. The van der Waals surface area contributed by atoms with E-state index in [0.717, 1.165) is 22.5 Å². The molecule has 192 valence electrons. The van der Waals surface area contributed by atoms with Crippen molar-refractivity contribution in [1.29, 1.82) is 0 Å². The molecule has 0 heterocycles. The van der Waals surface area contributed by atoms with Crippen molar-refractivity contribution in [1.82, 2.24) is 10.2 Å². The van der Waals surface area contributed by atoms with Crippen LogP contribution in [0.4, 0.5) is 10.1 Å². The fourth-order valence-electron chi connectivity index (χ4n) is 3.63. The summed E-state index contributed by atoms with van der Waals surface area (Å²) < 4.78 is 40.1. The summed E-state index contributed by atoms with van der Waals surface area (Å²) in [5.74, 6) is -1.27. The maximum atomic E-state index is 13.6. The van der Waals surface area contributed by atoms with Gasteiger partial charge in [0.1, 0.15) is 18.4 Å². The van der Waals surface area contributed by atoms with Gasteiger partial charge >= 0.3 is 0 Å². The van der Waals surface area contributed by atoms with Crippen LogP contribution in [0.15, 0.2) is 48.5 Å². The van der Waals surface area contributed by atoms with Gasteiger partial charge in [-0.1, -0.05) is 51.1 Å². The normalized spacial score (nSPS) is 13.3. The molecule has 2 rings (SSSR count). The van der Waals surface area contributed by atoms with Gasteiger partial charge in [-0.15, -0.1) is 0 Å². The molecule has 0 aromatic heterocycles. The number of carbonyl (C=O) groups is 2. The van der Waals surface area contributed by atoms with Crippen LogP contribution in [0.2, 0.25) is 0 Å². The average molecular weight is 506 g/mol. The summed E-state index contributed by atoms with van der Waals surface area (Å²) >= 11 is 0. The van der Waals surface area contributed by atoms with Crippen molar-refractivity contribution in [3.63, 3.8) is 0 Å². The Morgan fingerprint density at radius 2 is 1.60 bits per heavy atom. The van der Waals surface area contributed by atoms with E-state index in [1.165, 1.54) is 29.2 Å². The quantitative estimate of drug-likeness (QED) is 0.499. The molecule has 0 aliphatic carbocycles. The molecule has 0 aliphatic rings. The molecule has 0 spiro atoms. The van der Waals surface area contributed by atoms with Gasteiger partial charge in [0.05, 0.1) is 11.9 Å². The topological polar surface area (TPSA) is 86.8 Å². The summed E-state index contributed by atoms with van der Waals surface area (Å²) in [6.07, 6.45) is 1.78. The zero-order chi connectivity index (χ0) is 26.3. The summed E-state index contributed by atoms with van der Waals surface area (Å²) in [4.78, 5) is 27.8. The third-order valence-electron chi connectivity index (χ3n) is 5.94. The van der Waals surface area contributed by atoms with E-state index >= 15 is 0 Å². The second kappa shape index (κ2) is 12.2. The van der Waals surface area contributed by atoms with Crippen molar-refractivity contribution < 1.29 is 22.4 Å². The second-order valence-corrected chi connectivity index (χ2v) is 11.0. The van der Waals surface area contributed by atoms with Crippen LogP contribution >= 0.6 is 0 Å². The zero-order valence-electron chi connectivity index (χ0n) is 21.3. The predicted octanol–water partition coefficient (Wildman–Crippen LogP) is 4.05. The summed E-state index contributed by atoms with van der Waals surface area (Å²) in [7, 11) is -3.81. The molecule has 2 aromatic carbocycles. The number of nitrogens with one attached hydrogen (secondary N) is 1. The van der Waals surface area contributed by atoms with Gasteiger partial charge in [-0.05, 0) is 55.5 Å². The van der Waals surface area contributed by atoms with Crippen LogP contribution in [-0.4, -0.2) is 50.0 Å². The van der Waals surface area contributed by atoms with E-state index in [0.29, 0.717) is 11.3 Å². The standard InChI is InChI=1S/C26H36FN3O4S/c1-7-19(4)28-26(32)20(5)29(16-21-12-14-22(27)15-13-21)25(31)17-30(35(6,33)34)24-11-9-8-10-23(24)18(2)3/h8-15,18-20H,7,16-17H2,1-6H3,(H,28,32)/t19-,20-/m0/s1. The Kier molecular flexibility index (Phi) is 9.82. The first kappa shape index (κ1) is 28.3. The fourth-order valence-corrected chi connectivity index (χ4v) is 4.50. The monoisotopic (exact) mass is 505 g/mol. The molecule has 0 bridgehead atoms. The van der Waals surface area contributed by atoms with Crippen LogP contribution in [0.3, 0.4) is 0 Å². The molecule has 0 radical (unpaired) electrons. The molecule has 0 aliphatic heterocycles. The lowest BCUT2D eigenvalue weighted by molar-refractivity contribution is -0.139. The zero-order valence-corrected chi connectivity index (χ0v) is 22.1. The van der Waals surface area contributed by atoms with Crippen molar-refractivity contribution in [2.24, 2.45) is 0 Å². The van der Waals surface area contributed by atoms with Gasteiger partial charge in [-0.2, -0.15) is 0 Å². The number of hydrogen-bond acceptors (Lipinski definition) is 4. The molecule has 9 heteroatoms. The van der Waals surface area contributed by atoms with E-state index in [2.05, 4.69) is 5.32 Å². The highest BCUT2D eigenvalue weighted by Crippen LogP contribution is 2.29. The molecule has 2 aromatic rings. The summed E-state index contributed by atoms with van der Waals surface area (Å²) in [5.41, 5.74) is 1.84. The lowest BCUT2D eigenvalue weighted by atomic mass is 10.0. The minimum atomic E-state index is -3.81. The number of sulfonamides is 1. The van der Waals surface area contributed by atoms with Gasteiger partial charge in [-0.25, -0.2) is 12.8 Å². The van der Waals surface area contributed by atoms with Gasteiger partial charge in [0.25, 0.3) is 0 Å². The van der Waals surface area contributed by atoms with Crippen molar-refractivity contribution in [2.75, 3.05) is 17.1 Å². The molecule has 35 heavy (non-hydrogen) atoms. The molecule has 0 saturated heterocycles. The first-order valence-electron chi connectivity index (χ1n) is 11.8. The molecule has 7 nitrogen and oxygen atoms in total. The van der Waals surface area contributed by atoms with E-state index in [-0.39, 0.29) is 24.4 Å². The van der Waals surface area contributed by atoms with Crippen LogP contribution in [-0.2, 0) is 26.2 Å². The van der Waals surface area contributed by atoms with E-state index in [1.807, 2.05) is 39.8 Å². The van der Waals surface area contributed by atoms with Crippen LogP contribution in [0.25, 0.3) is 0 Å². The Balaban J connectivity index is 2.44. The van der Waals surface area contributed by atoms with Crippen LogP contribution < -0.4 is 9.62 Å². The first-order chi connectivity index (χ1) is 16.3. The SMILES string of the molecule is CC[C@H](C)NC(=O)[C@H](C)N(Cc1ccc(F)cc1)C(=O)CN(c1ccccc1C(C)C)S(C)(=O)=O. The molecule has 1 N–H and O–H groups in total. The lowest BCUT2D eigenvalue weighted by Gasteiger charge is -2.32. The van der Waals surface area contributed by atoms with Gasteiger partial charge in [0, 0.05) is 12.6 Å². The van der Waals surface area contributed by atoms with Gasteiger partial charge in [-0.3, -0.25) is 13.9 Å². The Labute approximate surface area is 208 Å². The van der Waals surface area contributed by atoms with Crippen molar-refractivity contribution in [2.45, 2.75) is 65.6 Å². The maximum absolute atomic E-state index is 13.6. The third-order valence-corrected chi connectivity index (χ3v) is 7.07. The first-order valence-corrected chi connectivity index (χ1v) is 13.6. The molecule has 0 unspecified atom stereocenters. The summed E-state index contributed by atoms with van der Waals surface area (Å²) in [6.45, 7) is 8.86. The number of carbonyl (C=O) groups excluding carboxylic acids is 2. The van der Waals surface area contributed by atoms with Gasteiger partial charge in [0.2, 0.25) is 21.8 Å². The Morgan fingerprint density at radius 3 is 2.14 bits per heavy atom. The van der Waals surface area contributed by atoms with E-state index < -0.39 is 34.3 Å². The van der Waals surface area contributed by atoms with Crippen molar-refractivity contribution in [3.05, 3.63) is 65.5 Å². The number of rotatable bonds is 11. The molecule has 0 saturated carbocycles. The van der Waals surface area contributed by atoms with Gasteiger partial charge in [0.15, 0.2) is 0 Å². The molecular weight excluding hydrogens is 469 g/mol. The number of amides is 2. The van der Waals surface area contributed by atoms with Gasteiger partial charge < -0.3 is 10.2 Å². The molecule has 2 amide bonds. The summed E-state index contributed by atoms with van der Waals surface area (Å²) in [5, 5.41) is 2.87. The van der Waals surface area contributed by atoms with Crippen LogP contribution in [0.5, 0.6) is 0 Å². The highest BCUT2D eigenvalue weighted by Gasteiger charge is 2.31. The van der Waals surface area contributed by atoms with Crippen molar-refractivity contribution >= 4 is 27.5 Å². The average Bonchev–Trinajstić information content (AvgIpc) is 2.80. The van der Waals surface area contributed by atoms with Crippen molar-refractivity contribution in [3.8, 4) is 0 Å². The predicted molar refractivity (Wildman–Crippen MR) is 137 cm³/mol. The largest absolute Gasteiger partial charge is 0.352 e. The number of hydrogen-bond donors (Lipinski definition) is 1. The van der Waals surface area contributed by atoms with E-state index in [1.54, 1.807) is 19.1 Å². The minimum absolute atomic E-state index is 0.0254. The number of nitrogens with zero attached hydrogens (tertiary/aromatic N) is 2. The van der Waals surface area contributed by atoms with Crippen LogP contribution in [0, 0.1) is 5.82 Å². The second-order valence-electron chi connectivity index (χ2n) is 9.13. The fraction of sp³-hybridized carbons (Fsp3) is 0.462. The molecule has 0 fully saturated rings. The third kappa shape index (κ3) is 7.78. The molecule has 2 atom stereocenters. The Hall–Kier alpha value is -2.94. The number of halogens is 1. The maximum Gasteiger partial charge on any atom is 0.244 e. The number of para-hydroxylation sites is 1. The highest BCUT2D eigenvalue weighted by molar-refractivity contribution is 7.92. The minimum Gasteiger partial charge on any atom is -0.352 e. The lowest BCUT2D eigenvalue weighted by Crippen LogP contribution is -2.52. The Morgan fingerprint density at radius 1 is 1.00 bits per heavy atom. The Bertz CT molecular complexity index is 1120. The summed E-state index contributed by atoms with van der Waals surface area (Å²) in [6, 6.07) is 11.7. The van der Waals surface area contributed by atoms with E-state index in [4.69, 9.17) is 0 Å².